The van der Waals surface area contributed by atoms with Gasteiger partial charge in [0.05, 0.1) is 6.54 Å². The van der Waals surface area contributed by atoms with E-state index in [0.29, 0.717) is 17.2 Å². The second-order valence-corrected chi connectivity index (χ2v) is 3.46. The van der Waals surface area contributed by atoms with Gasteiger partial charge in [0.2, 0.25) is 0 Å². The van der Waals surface area contributed by atoms with E-state index >= 15 is 0 Å². The number of rotatable bonds is 2. The van der Waals surface area contributed by atoms with E-state index in [0.717, 1.165) is 12.1 Å². The molecule has 4 nitrogen and oxygen atoms in total. The van der Waals surface area contributed by atoms with Gasteiger partial charge in [0, 0.05) is 5.56 Å². The maximum absolute atomic E-state index is 13.1. The second-order valence-electron chi connectivity index (χ2n) is 3.46. The van der Waals surface area contributed by atoms with Crippen molar-refractivity contribution >= 4 is 0 Å². The Morgan fingerprint density at radius 3 is 2.53 bits per heavy atom. The fourth-order valence-electron chi connectivity index (χ4n) is 1.39. The number of hydrogen-bond acceptors (Lipinski definition) is 4. The van der Waals surface area contributed by atoms with Crippen LogP contribution in [0.4, 0.5) is 8.78 Å². The Balaban J connectivity index is 2.52. The predicted octanol–water partition coefficient (Wildman–Crippen LogP) is 1.58. The zero-order valence-electron chi connectivity index (χ0n) is 9.11. The number of nitrogens with two attached hydrogens (primary N) is 1. The normalized spacial score (nSPS) is 10.6. The molecule has 0 fully saturated rings. The molecule has 1 heterocycles. The first-order valence-corrected chi connectivity index (χ1v) is 4.97. The molecule has 6 heteroatoms. The third-order valence-electron chi connectivity index (χ3n) is 2.15. The fraction of sp³-hybridized carbons (Fsp3) is 0.182. The first-order chi connectivity index (χ1) is 8.10. The van der Waals surface area contributed by atoms with Gasteiger partial charge in [-0.25, -0.2) is 23.7 Å². The number of halogens is 2. The summed E-state index contributed by atoms with van der Waals surface area (Å²) >= 11 is 0. The van der Waals surface area contributed by atoms with Crippen LogP contribution in [0.15, 0.2) is 18.2 Å². The standard InChI is InChI=1S/C11H10F2N4/c1-6-15-10(5-14)17-11(16-6)7-2-3-8(12)9(13)4-7/h2-4H,5,14H2,1H3. The molecule has 88 valence electrons. The highest BCUT2D eigenvalue weighted by molar-refractivity contribution is 5.54. The summed E-state index contributed by atoms with van der Waals surface area (Å²) in [5.41, 5.74) is 5.83. The monoisotopic (exact) mass is 236 g/mol. The van der Waals surface area contributed by atoms with Gasteiger partial charge in [0.1, 0.15) is 11.6 Å². The molecule has 0 spiro atoms. The number of hydrogen-bond donors (Lipinski definition) is 1. The van der Waals surface area contributed by atoms with Gasteiger partial charge in [-0.05, 0) is 25.1 Å². The zero-order valence-corrected chi connectivity index (χ0v) is 9.11. The van der Waals surface area contributed by atoms with Gasteiger partial charge in [-0.1, -0.05) is 0 Å². The van der Waals surface area contributed by atoms with Crippen LogP contribution in [0.5, 0.6) is 0 Å². The highest BCUT2D eigenvalue weighted by Crippen LogP contribution is 2.17. The lowest BCUT2D eigenvalue weighted by atomic mass is 10.2. The van der Waals surface area contributed by atoms with Crippen molar-refractivity contribution in [3.63, 3.8) is 0 Å². The number of aryl methyl sites for hydroxylation is 1. The Hall–Kier alpha value is -1.95. The maximum Gasteiger partial charge on any atom is 0.163 e. The average molecular weight is 236 g/mol. The summed E-state index contributed by atoms with van der Waals surface area (Å²) in [6.45, 7) is 1.85. The Morgan fingerprint density at radius 2 is 1.88 bits per heavy atom. The topological polar surface area (TPSA) is 64.7 Å². The third kappa shape index (κ3) is 2.42. The molecule has 0 aliphatic carbocycles. The number of benzene rings is 1. The molecule has 0 saturated carbocycles. The summed E-state index contributed by atoms with van der Waals surface area (Å²) < 4.78 is 25.9. The van der Waals surface area contributed by atoms with Crippen molar-refractivity contribution in [2.75, 3.05) is 0 Å². The van der Waals surface area contributed by atoms with Gasteiger partial charge in [0.25, 0.3) is 0 Å². The Kier molecular flexibility index (Phi) is 3.06. The van der Waals surface area contributed by atoms with E-state index in [4.69, 9.17) is 5.73 Å². The molecule has 0 amide bonds. The van der Waals surface area contributed by atoms with Crippen molar-refractivity contribution in [2.45, 2.75) is 13.5 Å². The summed E-state index contributed by atoms with van der Waals surface area (Å²) in [6, 6.07) is 3.49. The Labute approximate surface area is 96.5 Å². The molecule has 0 saturated heterocycles. The van der Waals surface area contributed by atoms with Gasteiger partial charge in [0.15, 0.2) is 17.5 Å². The van der Waals surface area contributed by atoms with Crippen LogP contribution in [0, 0.1) is 18.6 Å². The maximum atomic E-state index is 13.1. The molecule has 0 aliphatic heterocycles. The molecule has 0 atom stereocenters. The van der Waals surface area contributed by atoms with Gasteiger partial charge >= 0.3 is 0 Å². The minimum absolute atomic E-state index is 0.167. The highest BCUT2D eigenvalue weighted by Gasteiger charge is 2.08. The van der Waals surface area contributed by atoms with Crippen LogP contribution < -0.4 is 5.73 Å². The molecular weight excluding hydrogens is 226 g/mol. The minimum atomic E-state index is -0.935. The quantitative estimate of drug-likeness (QED) is 0.859. The summed E-state index contributed by atoms with van der Waals surface area (Å²) in [4.78, 5) is 12.1. The fourth-order valence-corrected chi connectivity index (χ4v) is 1.39. The Morgan fingerprint density at radius 1 is 1.12 bits per heavy atom. The summed E-state index contributed by atoms with van der Waals surface area (Å²) in [7, 11) is 0. The summed E-state index contributed by atoms with van der Waals surface area (Å²) in [5, 5.41) is 0. The smallest absolute Gasteiger partial charge is 0.163 e. The van der Waals surface area contributed by atoms with Gasteiger partial charge in [-0.2, -0.15) is 0 Å². The number of aromatic nitrogens is 3. The van der Waals surface area contributed by atoms with Crippen LogP contribution in [0.1, 0.15) is 11.6 Å². The van der Waals surface area contributed by atoms with Crippen molar-refractivity contribution < 1.29 is 8.78 Å². The molecule has 0 radical (unpaired) electrons. The van der Waals surface area contributed by atoms with Crippen LogP contribution in [0.25, 0.3) is 11.4 Å². The lowest BCUT2D eigenvalue weighted by Gasteiger charge is -2.04. The van der Waals surface area contributed by atoms with Crippen LogP contribution in [-0.2, 0) is 6.54 Å². The van der Waals surface area contributed by atoms with E-state index in [9.17, 15) is 8.78 Å². The highest BCUT2D eigenvalue weighted by atomic mass is 19.2. The molecule has 1 aromatic carbocycles. The van der Waals surface area contributed by atoms with E-state index in [1.54, 1.807) is 6.92 Å². The summed E-state index contributed by atoms with van der Waals surface area (Å²) in [6.07, 6.45) is 0. The van der Waals surface area contributed by atoms with Crippen LogP contribution in [0.2, 0.25) is 0 Å². The largest absolute Gasteiger partial charge is 0.324 e. The van der Waals surface area contributed by atoms with Crippen molar-refractivity contribution in [3.8, 4) is 11.4 Å². The predicted molar refractivity (Wildman–Crippen MR) is 57.8 cm³/mol. The van der Waals surface area contributed by atoms with Crippen molar-refractivity contribution in [3.05, 3.63) is 41.5 Å². The van der Waals surface area contributed by atoms with Crippen LogP contribution >= 0.6 is 0 Å². The first-order valence-electron chi connectivity index (χ1n) is 4.97. The van der Waals surface area contributed by atoms with Crippen molar-refractivity contribution in [1.29, 1.82) is 0 Å². The molecular formula is C11H10F2N4. The molecule has 2 N–H and O–H groups in total. The summed E-state index contributed by atoms with van der Waals surface area (Å²) in [5.74, 6) is -0.650. The first kappa shape index (κ1) is 11.5. The third-order valence-corrected chi connectivity index (χ3v) is 2.15. The van der Waals surface area contributed by atoms with Crippen molar-refractivity contribution in [2.24, 2.45) is 5.73 Å². The molecule has 1 aromatic heterocycles. The number of nitrogens with zero attached hydrogens (tertiary/aromatic N) is 3. The lowest BCUT2D eigenvalue weighted by molar-refractivity contribution is 0.509. The van der Waals surface area contributed by atoms with E-state index in [2.05, 4.69) is 15.0 Å². The minimum Gasteiger partial charge on any atom is -0.324 e. The Bertz CT molecular complexity index is 557. The van der Waals surface area contributed by atoms with Gasteiger partial charge in [-0.15, -0.1) is 0 Å². The second kappa shape index (κ2) is 4.50. The van der Waals surface area contributed by atoms with Crippen LogP contribution in [0.3, 0.4) is 0 Å². The molecule has 0 unspecified atom stereocenters. The zero-order chi connectivity index (χ0) is 12.4. The van der Waals surface area contributed by atoms with Gasteiger partial charge < -0.3 is 5.73 Å². The van der Waals surface area contributed by atoms with E-state index in [-0.39, 0.29) is 12.4 Å². The molecule has 17 heavy (non-hydrogen) atoms. The van der Waals surface area contributed by atoms with Gasteiger partial charge in [-0.3, -0.25) is 0 Å². The van der Waals surface area contributed by atoms with E-state index in [1.807, 2.05) is 0 Å². The molecule has 0 bridgehead atoms. The molecule has 2 rings (SSSR count). The van der Waals surface area contributed by atoms with E-state index in [1.165, 1.54) is 6.07 Å². The van der Waals surface area contributed by atoms with E-state index < -0.39 is 11.6 Å². The SMILES string of the molecule is Cc1nc(CN)nc(-c2ccc(F)c(F)c2)n1. The molecule has 2 aromatic rings. The van der Waals surface area contributed by atoms with Crippen molar-refractivity contribution in [1.82, 2.24) is 15.0 Å². The molecule has 0 aliphatic rings. The lowest BCUT2D eigenvalue weighted by Crippen LogP contribution is -2.07. The van der Waals surface area contributed by atoms with Crippen LogP contribution in [-0.4, -0.2) is 15.0 Å². The average Bonchev–Trinajstić information content (AvgIpc) is 2.32.